The minimum atomic E-state index is -0.251. The van der Waals surface area contributed by atoms with Crippen LogP contribution in [0.15, 0.2) is 89.2 Å². The Bertz CT molecular complexity index is 1370. The van der Waals surface area contributed by atoms with E-state index in [4.69, 9.17) is 0 Å². The number of hydrogen-bond acceptors (Lipinski definition) is 3. The molecule has 4 aromatic rings. The summed E-state index contributed by atoms with van der Waals surface area (Å²) in [5.41, 5.74) is 5.33. The van der Waals surface area contributed by atoms with E-state index in [1.54, 1.807) is 6.07 Å². The number of carbonyl (C=O) groups is 2. The van der Waals surface area contributed by atoms with Crippen molar-refractivity contribution in [3.63, 3.8) is 0 Å². The first-order valence-electron chi connectivity index (χ1n) is 11.2. The molecular formula is C28H27N3O2S. The summed E-state index contributed by atoms with van der Waals surface area (Å²) in [5.74, 6) is -0.361. The van der Waals surface area contributed by atoms with E-state index in [2.05, 4.69) is 10.3 Å². The van der Waals surface area contributed by atoms with Crippen molar-refractivity contribution in [3.8, 4) is 0 Å². The van der Waals surface area contributed by atoms with E-state index in [0.717, 1.165) is 22.4 Å². The summed E-state index contributed by atoms with van der Waals surface area (Å²) in [4.78, 5) is 30.4. The van der Waals surface area contributed by atoms with Gasteiger partial charge in [0.15, 0.2) is 4.80 Å². The van der Waals surface area contributed by atoms with Crippen LogP contribution in [-0.2, 0) is 6.54 Å². The molecule has 1 aromatic heterocycles. The lowest BCUT2D eigenvalue weighted by atomic mass is 10.1. The molecule has 2 amide bonds. The summed E-state index contributed by atoms with van der Waals surface area (Å²) in [6.45, 7) is 6.50. The molecule has 0 bridgehead atoms. The number of thiazole rings is 1. The summed E-state index contributed by atoms with van der Waals surface area (Å²) in [6, 6.07) is 24.8. The molecule has 1 heterocycles. The van der Waals surface area contributed by atoms with Gasteiger partial charge in [0, 0.05) is 22.2 Å². The summed E-state index contributed by atoms with van der Waals surface area (Å²) in [5, 5.41) is 5.04. The van der Waals surface area contributed by atoms with Gasteiger partial charge in [-0.3, -0.25) is 9.59 Å². The van der Waals surface area contributed by atoms with Gasteiger partial charge in [0.1, 0.15) is 0 Å². The van der Waals surface area contributed by atoms with E-state index in [0.29, 0.717) is 22.5 Å². The maximum atomic E-state index is 12.7. The van der Waals surface area contributed by atoms with Crippen molar-refractivity contribution in [2.75, 3.05) is 0 Å². The number of carbonyl (C=O) groups excluding carboxylic acids is 2. The number of hydrogen-bond donors (Lipinski definition) is 1. The number of aryl methyl sites for hydroxylation is 2. The molecule has 1 N–H and O–H groups in total. The Balaban J connectivity index is 1.48. The number of amides is 2. The van der Waals surface area contributed by atoms with Crippen LogP contribution in [0.25, 0.3) is 0 Å². The van der Waals surface area contributed by atoms with Crippen LogP contribution in [0, 0.1) is 13.8 Å². The Morgan fingerprint density at radius 2 is 1.68 bits per heavy atom. The third-order valence-corrected chi connectivity index (χ3v) is 6.64. The minimum Gasteiger partial charge on any atom is -0.346 e. The topological polar surface area (TPSA) is 63.5 Å². The summed E-state index contributed by atoms with van der Waals surface area (Å²) in [6.07, 6.45) is 0. The fourth-order valence-corrected chi connectivity index (χ4v) is 4.55. The van der Waals surface area contributed by atoms with E-state index >= 15 is 0 Å². The molecule has 172 valence electrons. The quantitative estimate of drug-likeness (QED) is 0.408. The molecule has 0 saturated heterocycles. The van der Waals surface area contributed by atoms with Gasteiger partial charge in [-0.1, -0.05) is 60.2 Å². The Labute approximate surface area is 203 Å². The highest BCUT2D eigenvalue weighted by Gasteiger charge is 2.12. The Kier molecular flexibility index (Phi) is 7.18. The van der Waals surface area contributed by atoms with Crippen LogP contribution >= 0.6 is 11.3 Å². The monoisotopic (exact) mass is 469 g/mol. The van der Waals surface area contributed by atoms with E-state index in [-0.39, 0.29) is 17.9 Å². The molecule has 0 unspecified atom stereocenters. The zero-order valence-electron chi connectivity index (χ0n) is 19.5. The van der Waals surface area contributed by atoms with E-state index in [1.165, 1.54) is 11.3 Å². The molecule has 5 nitrogen and oxygen atoms in total. The summed E-state index contributed by atoms with van der Waals surface area (Å²) in [7, 11) is 0. The molecule has 0 radical (unpaired) electrons. The Hall–Kier alpha value is -3.77. The standard InChI is InChI=1S/C28H27N3O2S/c1-19-8-7-11-25(16-19)27(33)30-28-31(20(2)18-34-28)17-22-12-14-24(15-13-22)26(32)29-21(3)23-9-5-4-6-10-23/h4-16,18,21H,17H2,1-3H3,(H,29,32)/t21-/m1/s1. The van der Waals surface area contributed by atoms with Crippen molar-refractivity contribution in [3.05, 3.63) is 123 Å². The second-order valence-electron chi connectivity index (χ2n) is 8.33. The maximum Gasteiger partial charge on any atom is 0.279 e. The van der Waals surface area contributed by atoms with Gasteiger partial charge in [-0.05, 0) is 56.2 Å². The van der Waals surface area contributed by atoms with Gasteiger partial charge in [0.05, 0.1) is 12.6 Å². The lowest BCUT2D eigenvalue weighted by molar-refractivity contribution is 0.0938. The average Bonchev–Trinajstić information content (AvgIpc) is 3.18. The van der Waals surface area contributed by atoms with Crippen molar-refractivity contribution in [2.45, 2.75) is 33.4 Å². The molecule has 3 aromatic carbocycles. The fourth-order valence-electron chi connectivity index (χ4n) is 3.67. The van der Waals surface area contributed by atoms with Gasteiger partial charge in [-0.15, -0.1) is 11.3 Å². The second-order valence-corrected chi connectivity index (χ2v) is 9.17. The molecule has 0 aliphatic rings. The number of rotatable bonds is 6. The highest BCUT2D eigenvalue weighted by Crippen LogP contribution is 2.14. The minimum absolute atomic E-state index is 0.0764. The zero-order valence-corrected chi connectivity index (χ0v) is 20.3. The van der Waals surface area contributed by atoms with Crippen molar-refractivity contribution < 1.29 is 9.59 Å². The number of benzene rings is 3. The Morgan fingerprint density at radius 3 is 2.38 bits per heavy atom. The van der Waals surface area contributed by atoms with Crippen LogP contribution < -0.4 is 10.1 Å². The second kappa shape index (κ2) is 10.4. The van der Waals surface area contributed by atoms with Crippen molar-refractivity contribution in [1.82, 2.24) is 9.88 Å². The summed E-state index contributed by atoms with van der Waals surface area (Å²) < 4.78 is 2.02. The first-order chi connectivity index (χ1) is 16.4. The highest BCUT2D eigenvalue weighted by atomic mass is 32.1. The number of nitrogens with zero attached hydrogens (tertiary/aromatic N) is 2. The molecule has 0 aliphatic carbocycles. The predicted molar refractivity (Wildman–Crippen MR) is 136 cm³/mol. The van der Waals surface area contributed by atoms with Crippen LogP contribution in [0.1, 0.15) is 56.1 Å². The lowest BCUT2D eigenvalue weighted by Gasteiger charge is -2.14. The fraction of sp³-hybridized carbons (Fsp3) is 0.179. The van der Waals surface area contributed by atoms with Gasteiger partial charge in [-0.2, -0.15) is 4.99 Å². The molecule has 4 rings (SSSR count). The zero-order chi connectivity index (χ0) is 24.1. The predicted octanol–water partition coefficient (Wildman–Crippen LogP) is 5.45. The summed E-state index contributed by atoms with van der Waals surface area (Å²) >= 11 is 1.45. The maximum absolute atomic E-state index is 12.7. The van der Waals surface area contributed by atoms with Crippen molar-refractivity contribution >= 4 is 23.2 Å². The van der Waals surface area contributed by atoms with Crippen molar-refractivity contribution in [1.29, 1.82) is 0 Å². The number of aromatic nitrogens is 1. The third-order valence-electron chi connectivity index (χ3n) is 5.66. The van der Waals surface area contributed by atoms with Gasteiger partial charge < -0.3 is 9.88 Å². The van der Waals surface area contributed by atoms with Crippen molar-refractivity contribution in [2.24, 2.45) is 4.99 Å². The molecule has 6 heteroatoms. The Morgan fingerprint density at radius 1 is 0.941 bits per heavy atom. The van der Waals surface area contributed by atoms with Crippen LogP contribution in [0.2, 0.25) is 0 Å². The van der Waals surface area contributed by atoms with Gasteiger partial charge in [0.25, 0.3) is 11.8 Å². The molecule has 34 heavy (non-hydrogen) atoms. The van der Waals surface area contributed by atoms with Gasteiger partial charge in [0.2, 0.25) is 0 Å². The molecule has 1 atom stereocenters. The molecule has 0 aliphatic heterocycles. The van der Waals surface area contributed by atoms with E-state index in [1.807, 2.05) is 104 Å². The van der Waals surface area contributed by atoms with Crippen LogP contribution in [0.3, 0.4) is 0 Å². The smallest absolute Gasteiger partial charge is 0.279 e. The van der Waals surface area contributed by atoms with Gasteiger partial charge in [-0.25, -0.2) is 0 Å². The first kappa shape index (κ1) is 23.4. The SMILES string of the molecule is Cc1cccc(C(=O)N=c2scc(C)n2Cc2ccc(C(=O)N[C@H](C)c3ccccc3)cc2)c1. The average molecular weight is 470 g/mol. The van der Waals surface area contributed by atoms with Crippen LogP contribution in [0.4, 0.5) is 0 Å². The van der Waals surface area contributed by atoms with E-state index in [9.17, 15) is 9.59 Å². The third kappa shape index (κ3) is 5.58. The largest absolute Gasteiger partial charge is 0.346 e. The number of nitrogens with one attached hydrogen (secondary N) is 1. The van der Waals surface area contributed by atoms with Gasteiger partial charge >= 0.3 is 0 Å². The first-order valence-corrected chi connectivity index (χ1v) is 12.0. The molecular weight excluding hydrogens is 442 g/mol. The van der Waals surface area contributed by atoms with Crippen LogP contribution in [0.5, 0.6) is 0 Å². The van der Waals surface area contributed by atoms with Crippen LogP contribution in [-0.4, -0.2) is 16.4 Å². The normalized spacial score (nSPS) is 12.4. The highest BCUT2D eigenvalue weighted by molar-refractivity contribution is 7.07. The lowest BCUT2D eigenvalue weighted by Crippen LogP contribution is -2.26. The molecule has 0 fully saturated rings. The molecule has 0 spiro atoms. The molecule has 0 saturated carbocycles. The van der Waals surface area contributed by atoms with E-state index < -0.39 is 0 Å².